The van der Waals surface area contributed by atoms with Crippen LogP contribution in [0.1, 0.15) is 84.2 Å². The quantitative estimate of drug-likeness (QED) is 0.154. The van der Waals surface area contributed by atoms with Crippen molar-refractivity contribution in [3.8, 4) is 16.8 Å². The van der Waals surface area contributed by atoms with Crippen molar-refractivity contribution in [3.63, 3.8) is 0 Å². The number of piperidine rings is 1. The number of amides is 1. The molecule has 10 nitrogen and oxygen atoms in total. The zero-order valence-electron chi connectivity index (χ0n) is 29.6. The summed E-state index contributed by atoms with van der Waals surface area (Å²) in [5, 5.41) is 20.0. The zero-order chi connectivity index (χ0) is 37.1. The molecule has 12 heteroatoms. The van der Waals surface area contributed by atoms with Crippen LogP contribution in [0.25, 0.3) is 16.8 Å². The number of nitrogens with one attached hydrogen (secondary N) is 1. The number of pyridine rings is 1. The van der Waals surface area contributed by atoms with Gasteiger partial charge in [0.25, 0.3) is 5.91 Å². The minimum atomic E-state index is -0.942. The van der Waals surface area contributed by atoms with Gasteiger partial charge in [-0.25, -0.2) is 13.5 Å². The second kappa shape index (κ2) is 15.6. The molecule has 0 spiro atoms. The van der Waals surface area contributed by atoms with Gasteiger partial charge in [0.05, 0.1) is 12.1 Å². The lowest BCUT2D eigenvalue weighted by atomic mass is 9.87. The van der Waals surface area contributed by atoms with E-state index in [1.165, 1.54) is 59.3 Å². The summed E-state index contributed by atoms with van der Waals surface area (Å²) < 4.78 is 28.1. The van der Waals surface area contributed by atoms with Crippen LogP contribution < -0.4 is 11.1 Å². The molecule has 274 valence electrons. The fourth-order valence-corrected chi connectivity index (χ4v) is 8.00. The first-order chi connectivity index (χ1) is 25.7. The summed E-state index contributed by atoms with van der Waals surface area (Å²) in [5.74, 6) is -3.59. The molecule has 0 unspecified atom stereocenters. The topological polar surface area (TPSA) is 139 Å². The summed E-state index contributed by atoms with van der Waals surface area (Å²) in [5.41, 5.74) is 14.8. The number of likely N-dealkylation sites (tertiary alicyclic amines) is 1. The van der Waals surface area contributed by atoms with Gasteiger partial charge in [0.1, 0.15) is 11.5 Å². The van der Waals surface area contributed by atoms with Crippen molar-refractivity contribution in [1.82, 2.24) is 30.2 Å². The summed E-state index contributed by atoms with van der Waals surface area (Å²) in [4.78, 5) is 31.3. The van der Waals surface area contributed by atoms with E-state index in [1.807, 2.05) is 18.3 Å². The molecule has 3 aliphatic rings. The number of carbonyl (C=O) groups excluding carboxylic acids is 1. The van der Waals surface area contributed by atoms with Crippen molar-refractivity contribution in [2.75, 3.05) is 18.8 Å². The van der Waals surface area contributed by atoms with Crippen molar-refractivity contribution in [2.45, 2.75) is 69.9 Å². The third-order valence-corrected chi connectivity index (χ3v) is 10.9. The number of hydrogen-bond acceptors (Lipinski definition) is 7. The molecule has 53 heavy (non-hydrogen) atoms. The summed E-state index contributed by atoms with van der Waals surface area (Å²) >= 11 is 0. The molecular formula is C41H43F2N7O3. The third-order valence-electron chi connectivity index (χ3n) is 10.9. The highest BCUT2D eigenvalue weighted by Crippen LogP contribution is 2.42. The number of fused-ring (bicyclic) bond motifs is 3. The first-order valence-corrected chi connectivity index (χ1v) is 18.2. The predicted octanol–water partition coefficient (Wildman–Crippen LogP) is 6.77. The van der Waals surface area contributed by atoms with Gasteiger partial charge < -0.3 is 16.2 Å². The van der Waals surface area contributed by atoms with Crippen LogP contribution in [0.15, 0.2) is 85.2 Å². The molecule has 1 aliphatic heterocycles. The molecule has 3 atom stereocenters. The van der Waals surface area contributed by atoms with Crippen LogP contribution in [0.5, 0.6) is 0 Å². The molecule has 3 heterocycles. The lowest BCUT2D eigenvalue weighted by molar-refractivity contribution is -0.145. The van der Waals surface area contributed by atoms with Crippen LogP contribution in [-0.4, -0.2) is 67.0 Å². The van der Waals surface area contributed by atoms with Gasteiger partial charge in [0.15, 0.2) is 11.5 Å². The Hall–Kier alpha value is -5.49. The molecule has 0 bridgehead atoms. The number of aliphatic carboxylic acids is 1. The van der Waals surface area contributed by atoms with Gasteiger partial charge in [-0.2, -0.15) is 0 Å². The number of hydrogen-bond donors (Lipinski definition) is 3. The van der Waals surface area contributed by atoms with E-state index < -0.39 is 35.5 Å². The number of aromatic nitrogens is 4. The molecule has 0 radical (unpaired) electrons. The summed E-state index contributed by atoms with van der Waals surface area (Å²) in [6, 6.07) is 21.8. The van der Waals surface area contributed by atoms with Crippen LogP contribution in [0.3, 0.4) is 0 Å². The minimum Gasteiger partial charge on any atom is -0.481 e. The van der Waals surface area contributed by atoms with E-state index in [1.54, 1.807) is 0 Å². The molecule has 4 N–H and O–H groups in total. The molecule has 2 fully saturated rings. The van der Waals surface area contributed by atoms with Gasteiger partial charge >= 0.3 is 5.97 Å². The van der Waals surface area contributed by atoms with Crippen LogP contribution in [0.2, 0.25) is 0 Å². The summed E-state index contributed by atoms with van der Waals surface area (Å²) in [6.45, 7) is 3.30. The van der Waals surface area contributed by atoms with Gasteiger partial charge in [-0.15, -0.1) is 5.10 Å². The number of carboxylic acids is 1. The van der Waals surface area contributed by atoms with Gasteiger partial charge in [0, 0.05) is 61.2 Å². The monoisotopic (exact) mass is 719 g/mol. The molecular weight excluding hydrogens is 676 g/mol. The van der Waals surface area contributed by atoms with Gasteiger partial charge in [-0.05, 0) is 71.3 Å². The average Bonchev–Trinajstić information content (AvgIpc) is 3.82. The Morgan fingerprint density at radius 1 is 0.962 bits per heavy atom. The number of halogens is 2. The maximum Gasteiger partial charge on any atom is 0.309 e. The molecule has 1 saturated carbocycles. The minimum absolute atomic E-state index is 0.0443. The Morgan fingerprint density at radius 2 is 1.75 bits per heavy atom. The van der Waals surface area contributed by atoms with Gasteiger partial charge in [-0.1, -0.05) is 73.9 Å². The van der Waals surface area contributed by atoms with E-state index in [4.69, 9.17) is 5.73 Å². The normalized spacial score (nSPS) is 19.0. The number of benzene rings is 3. The Kier molecular flexibility index (Phi) is 10.6. The van der Waals surface area contributed by atoms with Crippen LogP contribution in [0, 0.1) is 17.6 Å². The fourth-order valence-electron chi connectivity index (χ4n) is 8.00. The van der Waals surface area contributed by atoms with Crippen molar-refractivity contribution in [2.24, 2.45) is 5.92 Å². The predicted molar refractivity (Wildman–Crippen MR) is 198 cm³/mol. The first-order valence-electron chi connectivity index (χ1n) is 18.2. The van der Waals surface area contributed by atoms with Crippen molar-refractivity contribution in [3.05, 3.63) is 125 Å². The second-order valence-electron chi connectivity index (χ2n) is 14.1. The van der Waals surface area contributed by atoms with E-state index in [-0.39, 0.29) is 17.3 Å². The Morgan fingerprint density at radius 3 is 2.51 bits per heavy atom. The molecule has 1 amide bonds. The number of carbonyl (C=O) groups is 2. The number of rotatable bonds is 7. The van der Waals surface area contributed by atoms with E-state index in [9.17, 15) is 23.5 Å². The SMILES string of the molecule is C[C@@H](c1ccccn1)c1ccc2c(c1N)Cc1ccccc1-2.O=C(N[C@H]1CCN(C2CCCCC2)C[C@@H]1C(=O)O)c1cn(-c2ccc(F)cc2F)nn1. The maximum absolute atomic E-state index is 14.0. The Bertz CT molecular complexity index is 2100. The highest BCUT2D eigenvalue weighted by molar-refractivity contribution is 5.92. The van der Waals surface area contributed by atoms with Crippen molar-refractivity contribution in [1.29, 1.82) is 0 Å². The number of carboxylic acid groups (broad SMARTS) is 1. The number of nitrogen functional groups attached to an aromatic ring is 1. The van der Waals surface area contributed by atoms with Gasteiger partial charge in [-0.3, -0.25) is 19.5 Å². The largest absolute Gasteiger partial charge is 0.481 e. The zero-order valence-corrected chi connectivity index (χ0v) is 29.6. The molecule has 3 aromatic carbocycles. The van der Waals surface area contributed by atoms with Crippen LogP contribution in [0.4, 0.5) is 14.5 Å². The highest BCUT2D eigenvalue weighted by atomic mass is 19.1. The molecule has 2 aromatic heterocycles. The average molecular weight is 720 g/mol. The lowest BCUT2D eigenvalue weighted by Gasteiger charge is -2.42. The summed E-state index contributed by atoms with van der Waals surface area (Å²) in [7, 11) is 0. The molecule has 2 aliphatic carbocycles. The number of nitrogens with zero attached hydrogens (tertiary/aromatic N) is 5. The third kappa shape index (κ3) is 7.68. The molecule has 8 rings (SSSR count). The summed E-state index contributed by atoms with van der Waals surface area (Å²) in [6.07, 6.45) is 10.3. The highest BCUT2D eigenvalue weighted by Gasteiger charge is 2.38. The van der Waals surface area contributed by atoms with E-state index in [0.717, 1.165) is 47.9 Å². The van der Waals surface area contributed by atoms with Crippen molar-refractivity contribution < 1.29 is 23.5 Å². The molecule has 1 saturated heterocycles. The fraction of sp³-hybridized carbons (Fsp3) is 0.341. The second-order valence-corrected chi connectivity index (χ2v) is 14.1. The lowest BCUT2D eigenvalue weighted by Crippen LogP contribution is -2.56. The van der Waals surface area contributed by atoms with Crippen LogP contribution in [-0.2, 0) is 11.2 Å². The van der Waals surface area contributed by atoms with Crippen LogP contribution >= 0.6 is 0 Å². The smallest absolute Gasteiger partial charge is 0.309 e. The number of anilines is 1. The van der Waals surface area contributed by atoms with E-state index >= 15 is 0 Å². The van der Waals surface area contributed by atoms with E-state index in [2.05, 4.69) is 74.9 Å². The van der Waals surface area contributed by atoms with E-state index in [0.29, 0.717) is 25.1 Å². The Balaban J connectivity index is 0.000000173. The first kappa shape index (κ1) is 35.9. The standard InChI is InChI=1S/C21H25F2N5O3.C20H18N2/c22-13-6-7-19(16(23)10-13)28-12-18(25-26-28)20(29)24-17-8-9-27(11-15(17)21(30)31)14-4-2-1-3-5-14;1-13(19-8-4-5-11-22-19)15-9-10-17-16-7-3-2-6-14(16)12-18(17)20(15)21/h6-7,10,12,14-15,17H,1-5,8-9,11H2,(H,24,29)(H,30,31);2-11,13H,12,21H2,1H3/t15-,17-;13-/m01/s1. The van der Waals surface area contributed by atoms with Crippen molar-refractivity contribution >= 4 is 17.6 Å². The molecule has 5 aromatic rings. The number of nitrogens with two attached hydrogens (primary N) is 1. The maximum atomic E-state index is 14.0. The Labute approximate surface area is 307 Å². The van der Waals surface area contributed by atoms with Gasteiger partial charge in [0.2, 0.25) is 0 Å².